The van der Waals surface area contributed by atoms with Crippen LogP contribution in [0.25, 0.3) is 0 Å². The standard InChI is InChI=1S/C29H32N4OS2/c30-24-14-8-7-13-23(24)25-27(29(31-28(25)34)35-19-20-36-29)33-17-15-32(16-18-33)26(21-9-3-1-4-10-21)22-11-5-2-6-12-22/h1-14,25-27H,15-20,30H2,(H,31,34). The summed E-state index contributed by atoms with van der Waals surface area (Å²) >= 11 is 3.80. The maximum atomic E-state index is 13.5. The Hall–Kier alpha value is -2.45. The molecule has 5 nitrogen and oxygen atoms in total. The van der Waals surface area contributed by atoms with Crippen LogP contribution < -0.4 is 11.1 Å². The highest BCUT2D eigenvalue weighted by Gasteiger charge is 2.59. The molecule has 2 atom stereocenters. The molecule has 6 rings (SSSR count). The lowest BCUT2D eigenvalue weighted by Crippen LogP contribution is -2.57. The molecule has 0 radical (unpaired) electrons. The van der Waals surface area contributed by atoms with Crippen molar-refractivity contribution in [3.63, 3.8) is 0 Å². The summed E-state index contributed by atoms with van der Waals surface area (Å²) in [6.07, 6.45) is 0. The lowest BCUT2D eigenvalue weighted by Gasteiger charge is -2.46. The number of nitrogens with one attached hydrogen (secondary N) is 1. The number of hydrogen-bond donors (Lipinski definition) is 2. The summed E-state index contributed by atoms with van der Waals surface area (Å²) in [5, 5.41) is 3.41. The van der Waals surface area contributed by atoms with Crippen LogP contribution in [0, 0.1) is 0 Å². The molecule has 3 saturated heterocycles. The second-order valence-electron chi connectivity index (χ2n) is 9.70. The van der Waals surface area contributed by atoms with Crippen LogP contribution in [0.15, 0.2) is 84.9 Å². The highest BCUT2D eigenvalue weighted by molar-refractivity contribution is 8.21. The number of benzene rings is 3. The van der Waals surface area contributed by atoms with Crippen molar-refractivity contribution in [2.75, 3.05) is 43.4 Å². The van der Waals surface area contributed by atoms with E-state index < -0.39 is 0 Å². The van der Waals surface area contributed by atoms with Crippen LogP contribution in [0.5, 0.6) is 0 Å². The quantitative estimate of drug-likeness (QED) is 0.491. The van der Waals surface area contributed by atoms with Crippen molar-refractivity contribution < 1.29 is 4.79 Å². The Morgan fingerprint density at radius 2 is 1.36 bits per heavy atom. The molecule has 3 aromatic rings. The van der Waals surface area contributed by atoms with E-state index in [4.69, 9.17) is 5.73 Å². The van der Waals surface area contributed by atoms with Crippen LogP contribution in [0.2, 0.25) is 0 Å². The first-order valence-electron chi connectivity index (χ1n) is 12.7. The molecule has 3 N–H and O–H groups in total. The van der Waals surface area contributed by atoms with Crippen LogP contribution in [0.3, 0.4) is 0 Å². The van der Waals surface area contributed by atoms with Gasteiger partial charge in [-0.2, -0.15) is 0 Å². The van der Waals surface area contributed by atoms with E-state index in [2.05, 4.69) is 75.8 Å². The van der Waals surface area contributed by atoms with Gasteiger partial charge in [0.1, 0.15) is 4.20 Å². The lowest BCUT2D eigenvalue weighted by molar-refractivity contribution is -0.121. The van der Waals surface area contributed by atoms with E-state index in [9.17, 15) is 4.79 Å². The normalized spacial score (nSPS) is 24.4. The molecule has 36 heavy (non-hydrogen) atoms. The average Bonchev–Trinajstić information content (AvgIpc) is 3.50. The van der Waals surface area contributed by atoms with E-state index in [0.29, 0.717) is 5.69 Å². The van der Waals surface area contributed by atoms with E-state index in [1.807, 2.05) is 47.8 Å². The third-order valence-corrected chi connectivity index (χ3v) is 11.0. The third-order valence-electron chi connectivity index (χ3n) is 7.67. The van der Waals surface area contributed by atoms with E-state index in [0.717, 1.165) is 43.2 Å². The molecule has 3 aromatic carbocycles. The number of rotatable bonds is 5. The van der Waals surface area contributed by atoms with Gasteiger partial charge in [-0.25, -0.2) is 0 Å². The number of carbonyl (C=O) groups excluding carboxylic acids is 1. The number of nitrogens with zero attached hydrogens (tertiary/aromatic N) is 2. The van der Waals surface area contributed by atoms with Crippen molar-refractivity contribution in [3.05, 3.63) is 102 Å². The fraction of sp³-hybridized carbons (Fsp3) is 0.345. The predicted octanol–water partition coefficient (Wildman–Crippen LogP) is 4.39. The zero-order valence-electron chi connectivity index (χ0n) is 20.3. The molecule has 7 heteroatoms. The van der Waals surface area contributed by atoms with Gasteiger partial charge in [-0.1, -0.05) is 78.9 Å². The van der Waals surface area contributed by atoms with E-state index in [-0.39, 0.29) is 28.1 Å². The molecule has 1 spiro atoms. The molecular formula is C29H32N4OS2. The van der Waals surface area contributed by atoms with Gasteiger partial charge >= 0.3 is 0 Å². The summed E-state index contributed by atoms with van der Waals surface area (Å²) in [5.41, 5.74) is 10.7. The minimum absolute atomic E-state index is 0.0706. The minimum atomic E-state index is -0.301. The molecule has 3 heterocycles. The van der Waals surface area contributed by atoms with E-state index in [1.165, 1.54) is 11.1 Å². The summed E-state index contributed by atoms with van der Waals surface area (Å²) in [7, 11) is 0. The largest absolute Gasteiger partial charge is 0.398 e. The summed E-state index contributed by atoms with van der Waals surface area (Å²) in [6, 6.07) is 29.8. The highest BCUT2D eigenvalue weighted by atomic mass is 32.2. The average molecular weight is 517 g/mol. The first-order chi connectivity index (χ1) is 17.7. The number of nitrogen functional groups attached to an aromatic ring is 1. The van der Waals surface area contributed by atoms with Crippen LogP contribution >= 0.6 is 23.5 Å². The Bertz CT molecular complexity index is 1150. The summed E-state index contributed by atoms with van der Waals surface area (Å²) in [5.74, 6) is 1.97. The highest BCUT2D eigenvalue weighted by Crippen LogP contribution is 2.54. The number of carbonyl (C=O) groups is 1. The van der Waals surface area contributed by atoms with Crippen LogP contribution in [0.4, 0.5) is 5.69 Å². The smallest absolute Gasteiger partial charge is 0.231 e. The van der Waals surface area contributed by atoms with Gasteiger partial charge in [-0.05, 0) is 22.8 Å². The zero-order valence-corrected chi connectivity index (χ0v) is 21.9. The summed E-state index contributed by atoms with van der Waals surface area (Å²) in [6.45, 7) is 3.73. The Morgan fingerprint density at radius 3 is 1.94 bits per heavy atom. The Morgan fingerprint density at radius 1 is 0.806 bits per heavy atom. The predicted molar refractivity (Wildman–Crippen MR) is 151 cm³/mol. The molecule has 0 saturated carbocycles. The summed E-state index contributed by atoms with van der Waals surface area (Å²) < 4.78 is -0.301. The molecule has 3 fully saturated rings. The molecule has 2 unspecified atom stereocenters. The molecule has 3 aliphatic rings. The second-order valence-corrected chi connectivity index (χ2v) is 12.6. The van der Waals surface area contributed by atoms with Crippen molar-refractivity contribution in [1.82, 2.24) is 15.1 Å². The van der Waals surface area contributed by atoms with E-state index in [1.54, 1.807) is 0 Å². The maximum Gasteiger partial charge on any atom is 0.231 e. The Labute approximate surface area is 221 Å². The number of para-hydroxylation sites is 1. The topological polar surface area (TPSA) is 61.6 Å². The van der Waals surface area contributed by atoms with Gasteiger partial charge in [0.25, 0.3) is 0 Å². The van der Waals surface area contributed by atoms with Crippen LogP contribution in [-0.2, 0) is 4.79 Å². The number of amides is 1. The van der Waals surface area contributed by atoms with Gasteiger partial charge in [0.15, 0.2) is 0 Å². The number of nitrogens with two attached hydrogens (primary N) is 1. The Balaban J connectivity index is 1.29. The Kier molecular flexibility index (Phi) is 6.73. The first-order valence-corrected chi connectivity index (χ1v) is 14.7. The minimum Gasteiger partial charge on any atom is -0.398 e. The molecule has 3 aliphatic heterocycles. The fourth-order valence-electron chi connectivity index (χ4n) is 6.07. The van der Waals surface area contributed by atoms with Gasteiger partial charge in [-0.15, -0.1) is 23.5 Å². The van der Waals surface area contributed by atoms with E-state index >= 15 is 0 Å². The maximum absolute atomic E-state index is 13.5. The second kappa shape index (κ2) is 10.1. The fourth-order valence-corrected chi connectivity index (χ4v) is 9.44. The third kappa shape index (κ3) is 4.32. The molecule has 0 aliphatic carbocycles. The van der Waals surface area contributed by atoms with Crippen molar-refractivity contribution in [3.8, 4) is 0 Å². The first kappa shape index (κ1) is 23.9. The van der Waals surface area contributed by atoms with Gasteiger partial charge in [0.05, 0.1) is 18.0 Å². The van der Waals surface area contributed by atoms with Gasteiger partial charge in [-0.3, -0.25) is 14.6 Å². The van der Waals surface area contributed by atoms with Crippen molar-refractivity contribution in [1.29, 1.82) is 0 Å². The monoisotopic (exact) mass is 516 g/mol. The van der Waals surface area contributed by atoms with Gasteiger partial charge < -0.3 is 11.1 Å². The van der Waals surface area contributed by atoms with Crippen molar-refractivity contribution in [2.24, 2.45) is 0 Å². The van der Waals surface area contributed by atoms with Gasteiger partial charge in [0, 0.05) is 43.4 Å². The molecule has 0 aromatic heterocycles. The molecule has 0 bridgehead atoms. The SMILES string of the molecule is Nc1ccccc1C1C(=O)NC2(SCCS2)C1N1CCN(C(c2ccccc2)c2ccccc2)CC1. The van der Waals surface area contributed by atoms with Crippen LogP contribution in [-0.4, -0.2) is 63.6 Å². The summed E-state index contributed by atoms with van der Waals surface area (Å²) in [4.78, 5) is 18.6. The number of hydrogen-bond acceptors (Lipinski definition) is 6. The number of anilines is 1. The molecular weight excluding hydrogens is 484 g/mol. The van der Waals surface area contributed by atoms with Crippen molar-refractivity contribution >= 4 is 35.1 Å². The zero-order chi connectivity index (χ0) is 24.5. The van der Waals surface area contributed by atoms with Crippen LogP contribution in [0.1, 0.15) is 28.7 Å². The molecule has 1 amide bonds. The van der Waals surface area contributed by atoms with Crippen molar-refractivity contribution in [2.45, 2.75) is 22.2 Å². The van der Waals surface area contributed by atoms with Gasteiger partial charge in [0.2, 0.25) is 5.91 Å². The molecule has 186 valence electrons. The lowest BCUT2D eigenvalue weighted by atomic mass is 9.90. The number of thioether (sulfide) groups is 2. The number of piperazine rings is 1.